The van der Waals surface area contributed by atoms with Gasteiger partial charge in [0.15, 0.2) is 0 Å². The summed E-state index contributed by atoms with van der Waals surface area (Å²) in [6, 6.07) is 9.67. The van der Waals surface area contributed by atoms with Crippen LogP contribution in [0, 0.1) is 0 Å². The van der Waals surface area contributed by atoms with E-state index in [1.165, 1.54) is 11.7 Å². The fourth-order valence-corrected chi connectivity index (χ4v) is 2.73. The van der Waals surface area contributed by atoms with Gasteiger partial charge in [-0.15, -0.1) is 0 Å². The molecule has 0 atom stereocenters. The third kappa shape index (κ3) is 3.74. The summed E-state index contributed by atoms with van der Waals surface area (Å²) in [5.74, 6) is 0. The highest BCUT2D eigenvalue weighted by atomic mass is 19.4. The van der Waals surface area contributed by atoms with Gasteiger partial charge in [-0.1, -0.05) is 30.3 Å². The predicted octanol–water partition coefficient (Wildman–Crippen LogP) is 3.13. The summed E-state index contributed by atoms with van der Waals surface area (Å²) in [6.07, 6.45) is -1.69. The molecule has 0 saturated heterocycles. The highest BCUT2D eigenvalue weighted by Gasteiger charge is 2.35. The number of rotatable bonds is 5. The minimum atomic E-state index is -4.41. The Hall–Kier alpha value is -2.61. The number of hydrogen-bond acceptors (Lipinski definition) is 3. The average molecular weight is 349 g/mol. The molecule has 0 fully saturated rings. The lowest BCUT2D eigenvalue weighted by molar-refractivity contribution is -0.138. The van der Waals surface area contributed by atoms with Crippen LogP contribution in [0.5, 0.6) is 0 Å². The van der Waals surface area contributed by atoms with Gasteiger partial charge >= 0.3 is 6.18 Å². The highest BCUT2D eigenvalue weighted by Crippen LogP contribution is 2.31. The number of hydrogen-bond donors (Lipinski definition) is 1. The largest absolute Gasteiger partial charge is 0.419 e. The number of aryl methyl sites for hydroxylation is 2. The molecule has 0 spiro atoms. The third-order valence-corrected chi connectivity index (χ3v) is 3.93. The SMILES string of the molecule is Cn1cc(CNCc2c(C(F)(F)F)cnn2C)c(-c2ccccc2)n1. The third-order valence-electron chi connectivity index (χ3n) is 3.93. The molecule has 0 aliphatic rings. The van der Waals surface area contributed by atoms with Gasteiger partial charge < -0.3 is 5.32 Å². The van der Waals surface area contributed by atoms with Gasteiger partial charge in [-0.05, 0) is 0 Å². The van der Waals surface area contributed by atoms with E-state index >= 15 is 0 Å². The number of alkyl halides is 3. The van der Waals surface area contributed by atoms with E-state index in [0.29, 0.717) is 6.54 Å². The number of aromatic nitrogens is 4. The Kier molecular flexibility index (Phi) is 4.63. The van der Waals surface area contributed by atoms with Crippen molar-refractivity contribution in [3.05, 3.63) is 59.5 Å². The van der Waals surface area contributed by atoms with Crippen molar-refractivity contribution >= 4 is 0 Å². The van der Waals surface area contributed by atoms with E-state index in [-0.39, 0.29) is 12.2 Å². The zero-order valence-corrected chi connectivity index (χ0v) is 13.9. The van der Waals surface area contributed by atoms with Crippen LogP contribution in [0.15, 0.2) is 42.7 Å². The van der Waals surface area contributed by atoms with Crippen LogP contribution < -0.4 is 5.32 Å². The molecular formula is C17H18F3N5. The smallest absolute Gasteiger partial charge is 0.307 e. The van der Waals surface area contributed by atoms with Crippen molar-refractivity contribution in [1.82, 2.24) is 24.9 Å². The first-order valence-corrected chi connectivity index (χ1v) is 7.73. The molecule has 1 N–H and O–H groups in total. The normalized spacial score (nSPS) is 11.9. The minimum Gasteiger partial charge on any atom is -0.307 e. The van der Waals surface area contributed by atoms with Gasteiger partial charge in [-0.2, -0.15) is 23.4 Å². The maximum Gasteiger partial charge on any atom is 0.419 e. The molecule has 0 unspecified atom stereocenters. The fourth-order valence-electron chi connectivity index (χ4n) is 2.73. The van der Waals surface area contributed by atoms with Crippen LogP contribution in [0.25, 0.3) is 11.3 Å². The summed E-state index contributed by atoms with van der Waals surface area (Å²) in [7, 11) is 3.32. The van der Waals surface area contributed by atoms with Gasteiger partial charge in [-0.3, -0.25) is 9.36 Å². The second kappa shape index (κ2) is 6.72. The summed E-state index contributed by atoms with van der Waals surface area (Å²) in [5.41, 5.74) is 2.10. The van der Waals surface area contributed by atoms with Crippen LogP contribution >= 0.6 is 0 Å². The predicted molar refractivity (Wildman–Crippen MR) is 87.4 cm³/mol. The van der Waals surface area contributed by atoms with Crippen LogP contribution in [-0.2, 0) is 33.4 Å². The van der Waals surface area contributed by atoms with Gasteiger partial charge in [0.2, 0.25) is 0 Å². The molecule has 2 aromatic heterocycles. The van der Waals surface area contributed by atoms with E-state index < -0.39 is 11.7 Å². The van der Waals surface area contributed by atoms with Gasteiger partial charge in [0, 0.05) is 44.5 Å². The molecule has 0 bridgehead atoms. The van der Waals surface area contributed by atoms with E-state index in [1.54, 1.807) is 4.68 Å². The Bertz CT molecular complexity index is 849. The Balaban J connectivity index is 1.75. The molecule has 0 radical (unpaired) electrons. The van der Waals surface area contributed by atoms with E-state index in [2.05, 4.69) is 15.5 Å². The molecule has 132 valence electrons. The quantitative estimate of drug-likeness (QED) is 0.770. The first-order valence-electron chi connectivity index (χ1n) is 7.73. The molecule has 25 heavy (non-hydrogen) atoms. The van der Waals surface area contributed by atoms with Crippen LogP contribution in [0.3, 0.4) is 0 Å². The van der Waals surface area contributed by atoms with Crippen molar-refractivity contribution in [1.29, 1.82) is 0 Å². The maximum absolute atomic E-state index is 13.0. The monoisotopic (exact) mass is 349 g/mol. The first-order chi connectivity index (χ1) is 11.9. The van der Waals surface area contributed by atoms with Crippen molar-refractivity contribution in [2.75, 3.05) is 0 Å². The van der Waals surface area contributed by atoms with Crippen LogP contribution in [-0.4, -0.2) is 19.6 Å². The molecule has 0 amide bonds. The summed E-state index contributed by atoms with van der Waals surface area (Å²) in [4.78, 5) is 0. The van der Waals surface area contributed by atoms with Gasteiger partial charge in [-0.25, -0.2) is 0 Å². The molecule has 3 aromatic rings. The van der Waals surface area contributed by atoms with E-state index in [0.717, 1.165) is 23.0 Å². The van der Waals surface area contributed by atoms with Crippen molar-refractivity contribution in [3.63, 3.8) is 0 Å². The van der Waals surface area contributed by atoms with E-state index in [4.69, 9.17) is 0 Å². The molecule has 0 aliphatic heterocycles. The highest BCUT2D eigenvalue weighted by molar-refractivity contribution is 5.62. The fraction of sp³-hybridized carbons (Fsp3) is 0.294. The van der Waals surface area contributed by atoms with E-state index in [9.17, 15) is 13.2 Å². The zero-order chi connectivity index (χ0) is 18.0. The van der Waals surface area contributed by atoms with Crippen LogP contribution in [0.4, 0.5) is 13.2 Å². The lowest BCUT2D eigenvalue weighted by atomic mass is 10.1. The molecule has 5 nitrogen and oxygen atoms in total. The topological polar surface area (TPSA) is 47.7 Å². The summed E-state index contributed by atoms with van der Waals surface area (Å²) in [6.45, 7) is 0.467. The van der Waals surface area contributed by atoms with Crippen molar-refractivity contribution in [2.24, 2.45) is 14.1 Å². The Morgan fingerprint density at radius 1 is 1.08 bits per heavy atom. The summed E-state index contributed by atoms with van der Waals surface area (Å²) in [5, 5.41) is 11.2. The second-order valence-electron chi connectivity index (χ2n) is 5.77. The Morgan fingerprint density at radius 3 is 2.48 bits per heavy atom. The summed E-state index contributed by atoms with van der Waals surface area (Å²) >= 11 is 0. The van der Waals surface area contributed by atoms with Gasteiger partial charge in [0.25, 0.3) is 0 Å². The Morgan fingerprint density at radius 2 is 1.80 bits per heavy atom. The molecular weight excluding hydrogens is 331 g/mol. The van der Waals surface area contributed by atoms with E-state index in [1.807, 2.05) is 43.6 Å². The standard InChI is InChI=1S/C17H18F3N5/c1-24-11-13(16(23-24)12-6-4-3-5-7-12)8-21-10-15-14(17(18,19)20)9-22-25(15)2/h3-7,9,11,21H,8,10H2,1-2H3. The zero-order valence-electron chi connectivity index (χ0n) is 13.9. The molecule has 0 saturated carbocycles. The van der Waals surface area contributed by atoms with Crippen molar-refractivity contribution in [2.45, 2.75) is 19.3 Å². The van der Waals surface area contributed by atoms with Crippen molar-refractivity contribution < 1.29 is 13.2 Å². The number of benzene rings is 1. The summed E-state index contributed by atoms with van der Waals surface area (Å²) < 4.78 is 42.0. The second-order valence-corrected chi connectivity index (χ2v) is 5.77. The number of nitrogens with one attached hydrogen (secondary N) is 1. The molecule has 8 heteroatoms. The van der Waals surface area contributed by atoms with Crippen LogP contribution in [0.1, 0.15) is 16.8 Å². The first kappa shape index (κ1) is 17.2. The molecule has 3 rings (SSSR count). The van der Waals surface area contributed by atoms with Crippen LogP contribution in [0.2, 0.25) is 0 Å². The Labute approximate surface area is 143 Å². The lowest BCUT2D eigenvalue weighted by Crippen LogP contribution is -2.19. The lowest BCUT2D eigenvalue weighted by Gasteiger charge is -2.10. The van der Waals surface area contributed by atoms with Gasteiger partial charge in [0.1, 0.15) is 0 Å². The average Bonchev–Trinajstić information content (AvgIpc) is 3.11. The van der Waals surface area contributed by atoms with Gasteiger partial charge in [0.05, 0.1) is 23.1 Å². The number of halogens is 3. The maximum atomic E-state index is 13.0. The minimum absolute atomic E-state index is 0.0640. The molecule has 1 aromatic carbocycles. The number of nitrogens with zero attached hydrogens (tertiary/aromatic N) is 4. The molecule has 2 heterocycles. The molecule has 0 aliphatic carbocycles. The van der Waals surface area contributed by atoms with Crippen molar-refractivity contribution in [3.8, 4) is 11.3 Å².